The first-order valence-corrected chi connectivity index (χ1v) is 7.17. The number of carbonyl (C=O) groups is 1. The number of hydrogen-bond acceptors (Lipinski definition) is 2. The van der Waals surface area contributed by atoms with Crippen LogP contribution in [0.4, 0.5) is 0 Å². The number of rotatable bonds is 3. The summed E-state index contributed by atoms with van der Waals surface area (Å²) in [7, 11) is 0. The lowest BCUT2D eigenvalue weighted by atomic mass is 9.91. The Morgan fingerprint density at radius 3 is 2.79 bits per heavy atom. The second-order valence-corrected chi connectivity index (χ2v) is 5.73. The van der Waals surface area contributed by atoms with E-state index < -0.39 is 0 Å². The maximum Gasteiger partial charge on any atom is 0.224 e. The summed E-state index contributed by atoms with van der Waals surface area (Å²) in [5, 5.41) is 3.10. The highest BCUT2D eigenvalue weighted by Crippen LogP contribution is 2.17. The molecule has 1 aliphatic rings. The highest BCUT2D eigenvalue weighted by molar-refractivity contribution is 5.79. The van der Waals surface area contributed by atoms with Gasteiger partial charge in [0.1, 0.15) is 0 Å². The number of amides is 1. The third kappa shape index (κ3) is 3.80. The smallest absolute Gasteiger partial charge is 0.224 e. The molecule has 1 aromatic rings. The van der Waals surface area contributed by atoms with E-state index >= 15 is 0 Å². The van der Waals surface area contributed by atoms with Gasteiger partial charge in [-0.3, -0.25) is 4.79 Å². The number of benzene rings is 1. The number of nitrogens with two attached hydrogens (primary N) is 1. The molecule has 1 amide bonds. The van der Waals surface area contributed by atoms with Crippen LogP contribution in [0.2, 0.25) is 0 Å². The Labute approximate surface area is 115 Å². The Bertz CT molecular complexity index is 456. The van der Waals surface area contributed by atoms with Crippen molar-refractivity contribution < 1.29 is 4.79 Å². The summed E-state index contributed by atoms with van der Waals surface area (Å²) in [5.74, 6) is 0.0936. The van der Waals surface area contributed by atoms with Gasteiger partial charge in [0.25, 0.3) is 0 Å². The van der Waals surface area contributed by atoms with Gasteiger partial charge >= 0.3 is 0 Å². The number of hydrogen-bond donors (Lipinski definition) is 2. The molecule has 1 aliphatic carbocycles. The van der Waals surface area contributed by atoms with Gasteiger partial charge in [-0.05, 0) is 37.8 Å². The zero-order chi connectivity index (χ0) is 13.8. The van der Waals surface area contributed by atoms with E-state index in [9.17, 15) is 4.79 Å². The van der Waals surface area contributed by atoms with Crippen LogP contribution in [0.1, 0.15) is 42.4 Å². The van der Waals surface area contributed by atoms with Gasteiger partial charge in [0, 0.05) is 12.1 Å². The van der Waals surface area contributed by atoms with Crippen LogP contribution in [0.5, 0.6) is 0 Å². The van der Waals surface area contributed by atoms with Crippen molar-refractivity contribution in [3.8, 4) is 0 Å². The summed E-state index contributed by atoms with van der Waals surface area (Å²) in [6.07, 6.45) is 4.84. The van der Waals surface area contributed by atoms with E-state index in [4.69, 9.17) is 5.73 Å². The van der Waals surface area contributed by atoms with E-state index in [1.807, 2.05) is 6.92 Å². The molecule has 0 saturated heterocycles. The van der Waals surface area contributed by atoms with E-state index in [-0.39, 0.29) is 18.0 Å². The van der Waals surface area contributed by atoms with Crippen molar-refractivity contribution in [1.29, 1.82) is 0 Å². The normalized spacial score (nSPS) is 23.1. The van der Waals surface area contributed by atoms with Gasteiger partial charge in [-0.2, -0.15) is 0 Å². The molecule has 19 heavy (non-hydrogen) atoms. The van der Waals surface area contributed by atoms with E-state index in [2.05, 4.69) is 30.4 Å². The van der Waals surface area contributed by atoms with E-state index in [1.54, 1.807) is 0 Å². The van der Waals surface area contributed by atoms with Crippen LogP contribution in [0.15, 0.2) is 18.2 Å². The van der Waals surface area contributed by atoms with Crippen molar-refractivity contribution in [2.24, 2.45) is 5.73 Å². The van der Waals surface area contributed by atoms with Crippen molar-refractivity contribution in [2.75, 3.05) is 0 Å². The molecule has 0 aliphatic heterocycles. The summed E-state index contributed by atoms with van der Waals surface area (Å²) in [6.45, 7) is 4.10. The zero-order valence-electron chi connectivity index (χ0n) is 11.9. The summed E-state index contributed by atoms with van der Waals surface area (Å²) < 4.78 is 0. The van der Waals surface area contributed by atoms with E-state index in [0.29, 0.717) is 6.42 Å². The summed E-state index contributed by atoms with van der Waals surface area (Å²) in [5.41, 5.74) is 9.54. The van der Waals surface area contributed by atoms with Gasteiger partial charge in [0.05, 0.1) is 6.42 Å². The number of carbonyl (C=O) groups excluding carboxylic acids is 1. The minimum absolute atomic E-state index is 0.0936. The maximum atomic E-state index is 12.1. The van der Waals surface area contributed by atoms with Gasteiger partial charge < -0.3 is 11.1 Å². The first kappa shape index (κ1) is 14.1. The van der Waals surface area contributed by atoms with Crippen LogP contribution in [0.3, 0.4) is 0 Å². The highest BCUT2D eigenvalue weighted by Gasteiger charge is 2.23. The monoisotopic (exact) mass is 260 g/mol. The highest BCUT2D eigenvalue weighted by atomic mass is 16.1. The molecular formula is C16H24N2O. The van der Waals surface area contributed by atoms with Crippen molar-refractivity contribution in [1.82, 2.24) is 5.32 Å². The minimum Gasteiger partial charge on any atom is -0.352 e. The Morgan fingerprint density at radius 1 is 1.32 bits per heavy atom. The molecule has 104 valence electrons. The van der Waals surface area contributed by atoms with Crippen LogP contribution in [0.25, 0.3) is 0 Å². The molecule has 0 spiro atoms. The Hall–Kier alpha value is -1.35. The molecule has 1 aromatic carbocycles. The van der Waals surface area contributed by atoms with Crippen molar-refractivity contribution in [2.45, 2.75) is 58.0 Å². The molecule has 0 bridgehead atoms. The van der Waals surface area contributed by atoms with Crippen LogP contribution in [0, 0.1) is 13.8 Å². The zero-order valence-corrected chi connectivity index (χ0v) is 11.9. The molecule has 0 heterocycles. The van der Waals surface area contributed by atoms with Gasteiger partial charge in [0.2, 0.25) is 5.91 Å². The van der Waals surface area contributed by atoms with Crippen LogP contribution >= 0.6 is 0 Å². The first-order chi connectivity index (χ1) is 9.06. The standard InChI is InChI=1S/C16H24N2O/c1-11-7-8-12(2)13(9-11)10-16(19)18-15-6-4-3-5-14(15)17/h7-9,14-15H,3-6,10,17H2,1-2H3,(H,18,19). The molecule has 0 radical (unpaired) electrons. The minimum atomic E-state index is 0.0936. The Kier molecular flexibility index (Phi) is 4.59. The molecule has 1 fully saturated rings. The van der Waals surface area contributed by atoms with Crippen LogP contribution in [-0.2, 0) is 11.2 Å². The van der Waals surface area contributed by atoms with Crippen molar-refractivity contribution in [3.63, 3.8) is 0 Å². The molecule has 3 N–H and O–H groups in total. The number of nitrogens with one attached hydrogen (secondary N) is 1. The van der Waals surface area contributed by atoms with Gasteiger partial charge in [0.15, 0.2) is 0 Å². The molecule has 1 saturated carbocycles. The molecular weight excluding hydrogens is 236 g/mol. The lowest BCUT2D eigenvalue weighted by molar-refractivity contribution is -0.121. The van der Waals surface area contributed by atoms with E-state index in [0.717, 1.165) is 18.4 Å². The third-order valence-corrected chi connectivity index (χ3v) is 4.02. The Morgan fingerprint density at radius 2 is 2.05 bits per heavy atom. The second-order valence-electron chi connectivity index (χ2n) is 5.73. The van der Waals surface area contributed by atoms with Crippen molar-refractivity contribution >= 4 is 5.91 Å². The topological polar surface area (TPSA) is 55.1 Å². The molecule has 2 rings (SSSR count). The van der Waals surface area contributed by atoms with Gasteiger partial charge in [-0.15, -0.1) is 0 Å². The fraction of sp³-hybridized carbons (Fsp3) is 0.562. The predicted octanol–water partition coefficient (Wildman–Crippen LogP) is 2.23. The summed E-state index contributed by atoms with van der Waals surface area (Å²) >= 11 is 0. The average molecular weight is 260 g/mol. The van der Waals surface area contributed by atoms with Crippen LogP contribution < -0.4 is 11.1 Å². The summed E-state index contributed by atoms with van der Waals surface area (Å²) in [6, 6.07) is 6.52. The summed E-state index contributed by atoms with van der Waals surface area (Å²) in [4.78, 5) is 12.1. The molecule has 0 aromatic heterocycles. The first-order valence-electron chi connectivity index (χ1n) is 7.17. The quantitative estimate of drug-likeness (QED) is 0.875. The molecule has 2 unspecified atom stereocenters. The second kappa shape index (κ2) is 6.20. The third-order valence-electron chi connectivity index (χ3n) is 4.02. The lowest BCUT2D eigenvalue weighted by Gasteiger charge is -2.29. The SMILES string of the molecule is Cc1ccc(C)c(CC(=O)NC2CCCCC2N)c1. The van der Waals surface area contributed by atoms with Crippen molar-refractivity contribution in [3.05, 3.63) is 34.9 Å². The Balaban J connectivity index is 1.95. The number of aryl methyl sites for hydroxylation is 2. The fourth-order valence-corrected chi connectivity index (χ4v) is 2.76. The molecule has 2 atom stereocenters. The average Bonchev–Trinajstić information content (AvgIpc) is 2.37. The fourth-order valence-electron chi connectivity index (χ4n) is 2.76. The van der Waals surface area contributed by atoms with Crippen LogP contribution in [-0.4, -0.2) is 18.0 Å². The maximum absolute atomic E-state index is 12.1. The largest absolute Gasteiger partial charge is 0.352 e. The van der Waals surface area contributed by atoms with E-state index in [1.165, 1.54) is 24.0 Å². The van der Waals surface area contributed by atoms with Gasteiger partial charge in [-0.1, -0.05) is 36.6 Å². The molecule has 3 heteroatoms. The van der Waals surface area contributed by atoms with Gasteiger partial charge in [-0.25, -0.2) is 0 Å². The predicted molar refractivity (Wildman–Crippen MR) is 78.0 cm³/mol. The molecule has 3 nitrogen and oxygen atoms in total. The lowest BCUT2D eigenvalue weighted by Crippen LogP contribution is -2.49.